The summed E-state index contributed by atoms with van der Waals surface area (Å²) in [5.74, 6) is 1.19. The average molecular weight is 396 g/mol. The summed E-state index contributed by atoms with van der Waals surface area (Å²) in [6, 6.07) is 16.5. The van der Waals surface area contributed by atoms with Gasteiger partial charge in [0.25, 0.3) is 0 Å². The lowest BCUT2D eigenvalue weighted by Crippen LogP contribution is -2.46. The number of nitrogens with two attached hydrogens (primary N) is 1. The number of aliphatic imine (C=N–C) groups is 1. The van der Waals surface area contributed by atoms with Gasteiger partial charge in [-0.15, -0.1) is 0 Å². The van der Waals surface area contributed by atoms with E-state index in [0.29, 0.717) is 5.96 Å². The lowest BCUT2D eigenvalue weighted by Gasteiger charge is -2.36. The van der Waals surface area contributed by atoms with Crippen molar-refractivity contribution in [1.29, 1.82) is 0 Å². The van der Waals surface area contributed by atoms with Gasteiger partial charge < -0.3 is 20.7 Å². The van der Waals surface area contributed by atoms with Crippen molar-refractivity contribution in [2.45, 2.75) is 19.8 Å². The Hall–Kier alpha value is -2.73. The molecule has 0 spiro atoms. The summed E-state index contributed by atoms with van der Waals surface area (Å²) in [6.45, 7) is 8.44. The first-order valence-electron chi connectivity index (χ1n) is 10.4. The molecular formula is C23H33N5O. The van der Waals surface area contributed by atoms with Crippen molar-refractivity contribution in [3.63, 3.8) is 0 Å². The Morgan fingerprint density at radius 1 is 1.07 bits per heavy atom. The summed E-state index contributed by atoms with van der Waals surface area (Å²) in [6.07, 6.45) is 2.17. The SMILES string of the molecule is COc1ccccc1NC(N)=NCCCCN1CCN(c2cccc(C)c2)CC1. The van der Waals surface area contributed by atoms with Gasteiger partial charge in [-0.05, 0) is 56.1 Å². The second-order valence-electron chi connectivity index (χ2n) is 7.47. The predicted octanol–water partition coefficient (Wildman–Crippen LogP) is 3.33. The van der Waals surface area contributed by atoms with E-state index in [1.165, 1.54) is 11.3 Å². The number of benzene rings is 2. The second kappa shape index (κ2) is 10.7. The van der Waals surface area contributed by atoms with E-state index in [9.17, 15) is 0 Å². The van der Waals surface area contributed by atoms with E-state index in [-0.39, 0.29) is 0 Å². The van der Waals surface area contributed by atoms with E-state index in [4.69, 9.17) is 10.5 Å². The van der Waals surface area contributed by atoms with Crippen molar-refractivity contribution in [3.8, 4) is 5.75 Å². The van der Waals surface area contributed by atoms with Gasteiger partial charge in [0, 0.05) is 38.4 Å². The first-order chi connectivity index (χ1) is 14.2. The molecule has 1 aliphatic heterocycles. The number of ether oxygens (including phenoxy) is 1. The van der Waals surface area contributed by atoms with E-state index in [1.807, 2.05) is 24.3 Å². The molecule has 0 atom stereocenters. The number of guanidine groups is 1. The van der Waals surface area contributed by atoms with Crippen molar-refractivity contribution in [1.82, 2.24) is 4.90 Å². The maximum atomic E-state index is 6.00. The highest BCUT2D eigenvalue weighted by Crippen LogP contribution is 2.22. The van der Waals surface area contributed by atoms with Gasteiger partial charge in [-0.3, -0.25) is 9.89 Å². The van der Waals surface area contributed by atoms with Crippen LogP contribution in [0.15, 0.2) is 53.5 Å². The molecule has 6 heteroatoms. The second-order valence-corrected chi connectivity index (χ2v) is 7.47. The number of anilines is 2. The van der Waals surface area contributed by atoms with Crippen molar-refractivity contribution < 1.29 is 4.74 Å². The molecule has 3 rings (SSSR count). The number of nitrogens with one attached hydrogen (secondary N) is 1. The number of para-hydroxylation sites is 2. The average Bonchev–Trinajstić information content (AvgIpc) is 2.74. The molecule has 0 aromatic heterocycles. The number of unbranched alkanes of at least 4 members (excludes halogenated alkanes) is 1. The van der Waals surface area contributed by atoms with E-state index in [2.05, 4.69) is 51.3 Å². The molecule has 1 aliphatic rings. The quantitative estimate of drug-likeness (QED) is 0.408. The Labute approximate surface area is 174 Å². The first-order valence-corrected chi connectivity index (χ1v) is 10.4. The third-order valence-corrected chi connectivity index (χ3v) is 5.27. The fourth-order valence-corrected chi connectivity index (χ4v) is 3.63. The van der Waals surface area contributed by atoms with Gasteiger partial charge in [-0.25, -0.2) is 0 Å². The van der Waals surface area contributed by atoms with E-state index < -0.39 is 0 Å². The zero-order valence-electron chi connectivity index (χ0n) is 17.6. The summed E-state index contributed by atoms with van der Waals surface area (Å²) in [5.41, 5.74) is 9.51. The summed E-state index contributed by atoms with van der Waals surface area (Å²) < 4.78 is 5.32. The molecule has 3 N–H and O–H groups in total. The highest BCUT2D eigenvalue weighted by Gasteiger charge is 2.16. The molecule has 156 valence electrons. The molecule has 0 saturated carbocycles. The Kier molecular flexibility index (Phi) is 7.76. The van der Waals surface area contributed by atoms with Crippen LogP contribution in [0.2, 0.25) is 0 Å². The summed E-state index contributed by atoms with van der Waals surface area (Å²) in [4.78, 5) is 9.47. The Bertz CT molecular complexity index is 799. The number of rotatable bonds is 8. The zero-order valence-corrected chi connectivity index (χ0v) is 17.6. The first kappa shape index (κ1) is 21.0. The maximum Gasteiger partial charge on any atom is 0.193 e. The van der Waals surface area contributed by atoms with Gasteiger partial charge in [0.2, 0.25) is 0 Å². The fraction of sp³-hybridized carbons (Fsp3) is 0.435. The van der Waals surface area contributed by atoms with Crippen LogP contribution >= 0.6 is 0 Å². The van der Waals surface area contributed by atoms with Crippen molar-refractivity contribution in [3.05, 3.63) is 54.1 Å². The van der Waals surface area contributed by atoms with E-state index in [1.54, 1.807) is 7.11 Å². The van der Waals surface area contributed by atoms with Crippen LogP contribution in [0.4, 0.5) is 11.4 Å². The van der Waals surface area contributed by atoms with E-state index >= 15 is 0 Å². The summed E-state index contributed by atoms with van der Waals surface area (Å²) in [7, 11) is 1.65. The van der Waals surface area contributed by atoms with Gasteiger partial charge in [-0.2, -0.15) is 0 Å². The minimum Gasteiger partial charge on any atom is -0.495 e. The number of hydrogen-bond acceptors (Lipinski definition) is 4. The number of nitrogens with zero attached hydrogens (tertiary/aromatic N) is 3. The Balaban J connectivity index is 1.33. The third-order valence-electron chi connectivity index (χ3n) is 5.27. The van der Waals surface area contributed by atoms with Crippen LogP contribution in [0.3, 0.4) is 0 Å². The van der Waals surface area contributed by atoms with Gasteiger partial charge in [0.15, 0.2) is 5.96 Å². The van der Waals surface area contributed by atoms with Crippen LogP contribution in [0.5, 0.6) is 5.75 Å². The molecule has 0 unspecified atom stereocenters. The Morgan fingerprint density at radius 3 is 2.62 bits per heavy atom. The van der Waals surface area contributed by atoms with Gasteiger partial charge in [0.05, 0.1) is 12.8 Å². The van der Waals surface area contributed by atoms with Gasteiger partial charge in [0.1, 0.15) is 5.75 Å². The topological polar surface area (TPSA) is 66.1 Å². The van der Waals surface area contributed by atoms with Crippen molar-refractivity contribution in [2.24, 2.45) is 10.7 Å². The highest BCUT2D eigenvalue weighted by atomic mass is 16.5. The maximum absolute atomic E-state index is 6.00. The standard InChI is InChI=1S/C23H33N5O/c1-19-8-7-9-20(18-19)28-16-14-27(15-17-28)13-6-5-12-25-23(24)26-21-10-3-4-11-22(21)29-2/h3-4,7-11,18H,5-6,12-17H2,1-2H3,(H3,24,25,26). The van der Waals surface area contributed by atoms with Crippen LogP contribution in [0.25, 0.3) is 0 Å². The largest absolute Gasteiger partial charge is 0.495 e. The zero-order chi connectivity index (χ0) is 20.5. The minimum absolute atomic E-state index is 0.432. The molecule has 29 heavy (non-hydrogen) atoms. The minimum atomic E-state index is 0.432. The lowest BCUT2D eigenvalue weighted by molar-refractivity contribution is 0.253. The predicted molar refractivity (Wildman–Crippen MR) is 122 cm³/mol. The van der Waals surface area contributed by atoms with Gasteiger partial charge in [-0.1, -0.05) is 24.3 Å². The van der Waals surface area contributed by atoms with E-state index in [0.717, 1.165) is 63.5 Å². The molecule has 2 aromatic carbocycles. The monoisotopic (exact) mass is 395 g/mol. The van der Waals surface area contributed by atoms with Gasteiger partial charge >= 0.3 is 0 Å². The van der Waals surface area contributed by atoms with Crippen molar-refractivity contribution >= 4 is 17.3 Å². The van der Waals surface area contributed by atoms with Crippen LogP contribution in [0, 0.1) is 6.92 Å². The Morgan fingerprint density at radius 2 is 1.86 bits per heavy atom. The molecule has 1 fully saturated rings. The number of piperazine rings is 1. The van der Waals surface area contributed by atoms with Crippen LogP contribution in [0.1, 0.15) is 18.4 Å². The van der Waals surface area contributed by atoms with Crippen LogP contribution < -0.4 is 20.7 Å². The van der Waals surface area contributed by atoms with Crippen molar-refractivity contribution in [2.75, 3.05) is 56.6 Å². The molecular weight excluding hydrogens is 362 g/mol. The molecule has 1 saturated heterocycles. The molecule has 0 radical (unpaired) electrons. The molecule has 6 nitrogen and oxygen atoms in total. The number of methoxy groups -OCH3 is 1. The van der Waals surface area contributed by atoms with Crippen LogP contribution in [-0.2, 0) is 0 Å². The highest BCUT2D eigenvalue weighted by molar-refractivity contribution is 5.93. The van der Waals surface area contributed by atoms with Crippen LogP contribution in [-0.4, -0.2) is 57.2 Å². The molecule has 1 heterocycles. The fourth-order valence-electron chi connectivity index (χ4n) is 3.63. The summed E-state index contributed by atoms with van der Waals surface area (Å²) >= 11 is 0. The molecule has 0 aliphatic carbocycles. The normalized spacial score (nSPS) is 15.4. The number of aryl methyl sites for hydroxylation is 1. The molecule has 0 bridgehead atoms. The smallest absolute Gasteiger partial charge is 0.193 e. The summed E-state index contributed by atoms with van der Waals surface area (Å²) in [5, 5.41) is 3.11. The molecule has 2 aromatic rings. The third kappa shape index (κ3) is 6.39. The molecule has 0 amide bonds. The number of hydrogen-bond donors (Lipinski definition) is 2. The lowest BCUT2D eigenvalue weighted by atomic mass is 10.2.